The number of carbonyl (C=O) groups excluding carboxylic acids is 5. The van der Waals surface area contributed by atoms with Gasteiger partial charge in [0, 0.05) is 118 Å². The Hall–Kier alpha value is -2.47. The summed E-state index contributed by atoms with van der Waals surface area (Å²) >= 11 is 14.4. The standard InChI is InChI=1S/C17H19NO5.C17H21NO4.C15H17NO3.C10H15NO4.C8H13NO2.C4H8O.2C2H6O.CHCl3.2B.BrH.2Na.2H/c1-2-21-17(20)18-12-8-11(9-13(18)15-14(12)23-15)22-16(19)10-6-4-3-5-7-10;1-18-13-7-11(8-14(18)16-15(13)22-16)21-17(20)12(9-19)10-5-3-2-4-6-10;1-16-11-7-10(8-12(16)14-13(11)19-14)18-15(17)9-5-3-2-4-6-9;1-2-14-10(13)11-6-3-5(12)4-7(11)9-8(6)15-9;1-9-5-2-4(10)3-6(9)8-7(5)11-8;1-2-4-5-3-1;2*1-2-3;2-1(3)4;;;;;;;/h3-7,11-15H,2,8-9H2,1H3;2-6,11-16,19H,7-9H2,1H3;2-6,10-14H,7-8H2,1H3;5-9,12H,2-4H2,1H3;4-8,10H,2-3H2,1H3;1-4H2;2*3H,2H2,1H3;1H;;;1H;;;;/q;;;;;;;;;;;;2*+1;2*-1/t11?,12?,13?,14-,15+;11?,12-,13?,14?,15-,16+;10?,11?,12?,13-,14+;5?,6?,7?,8-,9+;4?,5?,6?,7-,8+;;;;;;;;;;;/m.1............../s1. The average molecular weight is 1680 g/mol. The summed E-state index contributed by atoms with van der Waals surface area (Å²) in [7, 11) is 6.43. The van der Waals surface area contributed by atoms with Crippen LogP contribution in [0, 0.1) is 0 Å². The van der Waals surface area contributed by atoms with Gasteiger partial charge in [0.25, 0.3) is 0 Å². The molecule has 3 aromatic carbocycles. The molecule has 16 saturated heterocycles. The largest absolute Gasteiger partial charge is 1.00 e. The van der Waals surface area contributed by atoms with Gasteiger partial charge in [-0.15, -0.1) is 17.0 Å². The summed E-state index contributed by atoms with van der Waals surface area (Å²) in [5.74, 6) is -1.43. The molecule has 0 aromatic heterocycles. The molecule has 34 heteroatoms. The Balaban J connectivity index is 0.000000281. The average Bonchev–Trinajstić information content (AvgIpc) is 1.58. The van der Waals surface area contributed by atoms with E-state index in [1.165, 1.54) is 12.8 Å². The van der Waals surface area contributed by atoms with Crippen LogP contribution in [0.2, 0.25) is 0 Å². The summed E-state index contributed by atoms with van der Waals surface area (Å²) in [5.41, 5.74) is 1.99. The molecule has 2 amide bonds. The fourth-order valence-corrected chi connectivity index (χ4v) is 17.6. The number of hydrogen-bond acceptors (Lipinski definition) is 24. The van der Waals surface area contributed by atoms with Crippen molar-refractivity contribution in [2.75, 3.05) is 67.4 Å². The number of likely N-dealkylation sites (N-methyl/N-ethyl adjacent to an activating group) is 3. The molecule has 16 aliphatic heterocycles. The predicted molar refractivity (Wildman–Crippen MR) is 409 cm³/mol. The number of halogens is 4. The summed E-state index contributed by atoms with van der Waals surface area (Å²) in [4.78, 5) is 71.2. The monoisotopic (exact) mass is 1680 g/mol. The van der Waals surface area contributed by atoms with Crippen LogP contribution in [0.15, 0.2) is 91.0 Å². The van der Waals surface area contributed by atoms with Crippen molar-refractivity contribution in [3.8, 4) is 0 Å². The van der Waals surface area contributed by atoms with Gasteiger partial charge in [-0.2, -0.15) is 0 Å². The van der Waals surface area contributed by atoms with Crippen LogP contribution >= 0.6 is 51.8 Å². The number of aliphatic hydroxyl groups is 5. The number of benzene rings is 3. The zero-order valence-corrected chi connectivity index (χ0v) is 72.4. The number of rotatable bonds is 10. The van der Waals surface area contributed by atoms with Gasteiger partial charge in [-0.05, 0) is 117 Å². The Morgan fingerprint density at radius 3 is 0.982 bits per heavy atom. The van der Waals surface area contributed by atoms with Gasteiger partial charge in [0.05, 0.1) is 67.3 Å². The quantitative estimate of drug-likeness (QED) is 0.0619. The van der Waals surface area contributed by atoms with Crippen molar-refractivity contribution < 1.29 is 164 Å². The third-order valence-electron chi connectivity index (χ3n) is 22.6. The van der Waals surface area contributed by atoms with E-state index in [4.69, 9.17) is 97.1 Å². The fraction of sp³-hybridized carbons (Fsp3) is 0.697. The first-order valence-corrected chi connectivity index (χ1v) is 38.8. The number of fused-ring (bicyclic) bond motifs is 25. The van der Waals surface area contributed by atoms with Crippen LogP contribution in [-0.2, 0) is 56.9 Å². The fourth-order valence-electron chi connectivity index (χ4n) is 17.6. The molecule has 0 spiro atoms. The van der Waals surface area contributed by atoms with E-state index < -0.39 is 10.2 Å². The van der Waals surface area contributed by atoms with E-state index >= 15 is 0 Å². The number of alkyl halides is 3. The van der Waals surface area contributed by atoms with Gasteiger partial charge in [0.2, 0.25) is 0 Å². The zero-order valence-electron chi connectivity index (χ0n) is 66.4. The minimum atomic E-state index is -0.750. The third kappa shape index (κ3) is 23.7. The molecule has 110 heavy (non-hydrogen) atoms. The Morgan fingerprint density at radius 2 is 0.700 bits per heavy atom. The number of nitrogens with zero attached hydrogens (tertiary/aromatic N) is 5. The molecule has 15 unspecified atom stereocenters. The Kier molecular flexibility index (Phi) is 39.3. The number of morpholine rings is 5. The second-order valence-electron chi connectivity index (χ2n) is 29.1. The summed E-state index contributed by atoms with van der Waals surface area (Å²) in [5, 5.41) is 43.8. The summed E-state index contributed by atoms with van der Waals surface area (Å²) < 4.78 is 59.2. The Labute approximate surface area is 722 Å². The Morgan fingerprint density at radius 1 is 0.445 bits per heavy atom. The van der Waals surface area contributed by atoms with Crippen LogP contribution in [0.4, 0.5) is 9.59 Å². The van der Waals surface area contributed by atoms with Gasteiger partial charge < -0.3 is 80.5 Å². The Bertz CT molecular complexity index is 3240. The first kappa shape index (κ1) is 96.4. The number of carbonyl (C=O) groups is 5. The van der Waals surface area contributed by atoms with Gasteiger partial charge in [-0.1, -0.05) is 102 Å². The molecule has 19 rings (SSSR count). The molecule has 0 saturated carbocycles. The van der Waals surface area contributed by atoms with Crippen LogP contribution in [0.3, 0.4) is 0 Å². The van der Waals surface area contributed by atoms with E-state index in [0.717, 1.165) is 57.3 Å². The molecule has 6 radical (unpaired) electrons. The topological polar surface area (TPSA) is 321 Å². The van der Waals surface area contributed by atoms with Gasteiger partial charge in [0.15, 0.2) is 4.30 Å². The number of hydrogen-bond donors (Lipinski definition) is 5. The molecule has 16 heterocycles. The van der Waals surface area contributed by atoms with Crippen molar-refractivity contribution in [2.45, 2.75) is 267 Å². The van der Waals surface area contributed by atoms with E-state index in [-0.39, 0.29) is 225 Å². The van der Waals surface area contributed by atoms with Crippen LogP contribution in [0.5, 0.6) is 0 Å². The maximum absolute atomic E-state index is 12.4. The number of esters is 3. The van der Waals surface area contributed by atoms with E-state index in [1.807, 2.05) is 66.7 Å². The van der Waals surface area contributed by atoms with Crippen molar-refractivity contribution in [1.82, 2.24) is 24.5 Å². The van der Waals surface area contributed by atoms with Gasteiger partial charge >= 0.3 is 89.2 Å². The summed E-state index contributed by atoms with van der Waals surface area (Å²) in [6.45, 7) is 9.99. The summed E-state index contributed by atoms with van der Waals surface area (Å²) in [6.07, 6.45) is 12.0. The number of amides is 2. The van der Waals surface area contributed by atoms with Crippen LogP contribution in [0.1, 0.15) is 140 Å². The van der Waals surface area contributed by atoms with Gasteiger partial charge in [-0.25, -0.2) is 19.2 Å². The molecule has 0 aliphatic carbocycles. The number of epoxide rings is 5. The summed E-state index contributed by atoms with van der Waals surface area (Å²) in [6, 6.07) is 30.1. The van der Waals surface area contributed by atoms with E-state index in [0.29, 0.717) is 123 Å². The van der Waals surface area contributed by atoms with Crippen molar-refractivity contribution in [3.05, 3.63) is 108 Å². The maximum atomic E-state index is 12.4. The van der Waals surface area contributed by atoms with E-state index in [1.54, 1.807) is 61.8 Å². The molecule has 16 fully saturated rings. The maximum Gasteiger partial charge on any atom is 1.00 e. The van der Waals surface area contributed by atoms with Crippen molar-refractivity contribution in [2.24, 2.45) is 0 Å². The second kappa shape index (κ2) is 44.9. The van der Waals surface area contributed by atoms with Crippen LogP contribution in [0.25, 0.3) is 0 Å². The van der Waals surface area contributed by atoms with E-state index in [2.05, 4.69) is 35.8 Å². The molecule has 600 valence electrons. The SMILES string of the molecule is Br.C1CCOC1.CCO.CCO.CCOC(=O)N1C2CC(O)CC1[C@@H]1O[C@H]21.CCOC(=O)N1C2CC(OC(=O)c3ccccc3)CC1[C@@H]1O[C@H]21.CN1C2CC(O)CC1[C@@H]1O[C@H]21.CN1C2CC(OC(=O)[C@H](CO)c3ccccc3)CC1[C@@H]1O[C@H]21.CN1C2CC(OC(=O)c3ccccc3)CC1[C@@H]1O[C@H]21.ClC(Cl)Cl.[B].[B].[H-].[H-].[Na+].[Na+]. The second-order valence-corrected chi connectivity index (χ2v) is 31.0. The number of ether oxygens (including phenoxy) is 11. The molecule has 10 bridgehead atoms. The van der Waals surface area contributed by atoms with Gasteiger partial charge in [0.1, 0.15) is 85.3 Å². The smallest absolute Gasteiger partial charge is 1.00 e. The first-order valence-electron chi connectivity index (χ1n) is 37.5. The minimum Gasteiger partial charge on any atom is -1.00 e. The van der Waals surface area contributed by atoms with Crippen molar-refractivity contribution in [3.63, 3.8) is 0 Å². The first-order chi connectivity index (χ1) is 50.7. The normalized spacial score (nSPS) is 35.6. The van der Waals surface area contributed by atoms with Crippen molar-refractivity contribution in [1.29, 1.82) is 0 Å². The molecule has 3 aromatic rings. The predicted octanol–water partition coefficient (Wildman–Crippen LogP) is 0.895. The molecule has 16 aliphatic rings. The molecule has 5 N–H and O–H groups in total. The van der Waals surface area contributed by atoms with Crippen molar-refractivity contribution >= 4 is 98.7 Å². The van der Waals surface area contributed by atoms with Crippen LogP contribution < -0.4 is 59.1 Å². The van der Waals surface area contributed by atoms with Gasteiger partial charge in [-0.3, -0.25) is 29.3 Å². The zero-order chi connectivity index (χ0) is 74.9. The third-order valence-corrected chi connectivity index (χ3v) is 22.6. The minimum absolute atomic E-state index is 0. The van der Waals surface area contributed by atoms with Crippen LogP contribution in [-0.4, -0.2) is 321 Å². The molecule has 26 atom stereocenters. The molecule has 26 nitrogen and oxygen atoms in total. The molecular weight excluding hydrogens is 1570 g/mol. The molecular formula is C76H109B2BrCl3N5Na2O21. The number of piperidine rings is 5. The number of aliphatic hydroxyl groups excluding tert-OH is 5. The van der Waals surface area contributed by atoms with E-state index in [9.17, 15) is 39.3 Å².